The lowest BCUT2D eigenvalue weighted by Gasteiger charge is -2.21. The number of hydrazine groups is 1. The Balaban J connectivity index is 2.72. The maximum atomic E-state index is 11.4. The maximum Gasteiger partial charge on any atom is 0.238 e. The van der Waals surface area contributed by atoms with Crippen molar-refractivity contribution in [2.24, 2.45) is 5.84 Å². The molecule has 0 aromatic heterocycles. The van der Waals surface area contributed by atoms with Crippen molar-refractivity contribution in [3.05, 3.63) is 35.4 Å². The lowest BCUT2D eigenvalue weighted by molar-refractivity contribution is -0.120. The zero-order valence-corrected chi connectivity index (χ0v) is 11.7. The molecule has 0 spiro atoms. The molecule has 0 aliphatic carbocycles. The van der Waals surface area contributed by atoms with Crippen LogP contribution in [0.15, 0.2) is 24.3 Å². The Bertz CT molecular complexity index is 396. The molecule has 0 saturated heterocycles. The number of nitrogens with one attached hydrogen (secondary N) is 1. The van der Waals surface area contributed by atoms with Crippen molar-refractivity contribution in [3.8, 4) is 0 Å². The molecular formula is C14H23N3O2. The van der Waals surface area contributed by atoms with Crippen LogP contribution in [0.2, 0.25) is 0 Å². The van der Waals surface area contributed by atoms with E-state index in [0.717, 1.165) is 30.8 Å². The molecule has 0 unspecified atom stereocenters. The third-order valence-corrected chi connectivity index (χ3v) is 3.08. The van der Waals surface area contributed by atoms with Crippen molar-refractivity contribution in [3.63, 3.8) is 0 Å². The summed E-state index contributed by atoms with van der Waals surface area (Å²) in [5.41, 5.74) is 4.34. The maximum absolute atomic E-state index is 11.4. The first-order chi connectivity index (χ1) is 9.21. The van der Waals surface area contributed by atoms with Crippen LogP contribution >= 0.6 is 0 Å². The van der Waals surface area contributed by atoms with Crippen molar-refractivity contribution in [1.29, 1.82) is 0 Å². The van der Waals surface area contributed by atoms with Gasteiger partial charge in [0.2, 0.25) is 5.91 Å². The fourth-order valence-electron chi connectivity index (χ4n) is 1.92. The van der Waals surface area contributed by atoms with Crippen LogP contribution in [0.4, 0.5) is 0 Å². The number of carbonyl (C=O) groups excluding carboxylic acids is 1. The van der Waals surface area contributed by atoms with Crippen LogP contribution in [0.5, 0.6) is 0 Å². The van der Waals surface area contributed by atoms with Gasteiger partial charge in [-0.25, -0.2) is 5.84 Å². The fraction of sp³-hybridized carbons (Fsp3) is 0.500. The standard InChI is InChI=1S/C14H23N3O2/c1-3-17(8-9-19-2)11-13-7-5-4-6-12(13)10-14(18)16-15/h4-7H,3,8-11,15H2,1-2H3,(H,16,18). The molecule has 1 aromatic carbocycles. The zero-order chi connectivity index (χ0) is 14.1. The number of methoxy groups -OCH3 is 1. The number of nitrogens with zero attached hydrogens (tertiary/aromatic N) is 1. The summed E-state index contributed by atoms with van der Waals surface area (Å²) in [6.07, 6.45) is 0.314. The van der Waals surface area contributed by atoms with Gasteiger partial charge in [-0.05, 0) is 17.7 Å². The highest BCUT2D eigenvalue weighted by atomic mass is 16.5. The molecule has 19 heavy (non-hydrogen) atoms. The van der Waals surface area contributed by atoms with Crippen LogP contribution in [0.1, 0.15) is 18.1 Å². The Morgan fingerprint density at radius 3 is 2.63 bits per heavy atom. The second kappa shape index (κ2) is 8.63. The van der Waals surface area contributed by atoms with Gasteiger partial charge in [-0.1, -0.05) is 31.2 Å². The number of nitrogens with two attached hydrogens (primary N) is 1. The second-order valence-corrected chi connectivity index (χ2v) is 4.37. The summed E-state index contributed by atoms with van der Waals surface area (Å²) < 4.78 is 5.10. The van der Waals surface area contributed by atoms with E-state index in [-0.39, 0.29) is 5.91 Å². The first-order valence-electron chi connectivity index (χ1n) is 6.48. The van der Waals surface area contributed by atoms with Gasteiger partial charge in [0.15, 0.2) is 0 Å². The number of hydrogen-bond donors (Lipinski definition) is 2. The summed E-state index contributed by atoms with van der Waals surface area (Å²) in [7, 11) is 1.70. The second-order valence-electron chi connectivity index (χ2n) is 4.37. The molecule has 5 heteroatoms. The van der Waals surface area contributed by atoms with Crippen LogP contribution in [0.25, 0.3) is 0 Å². The monoisotopic (exact) mass is 265 g/mol. The molecule has 1 rings (SSSR count). The molecule has 106 valence electrons. The topological polar surface area (TPSA) is 67.6 Å². The van der Waals surface area contributed by atoms with Gasteiger partial charge in [0.25, 0.3) is 0 Å². The number of carbonyl (C=O) groups is 1. The van der Waals surface area contributed by atoms with Crippen molar-refractivity contribution >= 4 is 5.91 Å². The molecule has 0 fully saturated rings. The molecule has 0 saturated carbocycles. The minimum Gasteiger partial charge on any atom is -0.383 e. The first kappa shape index (κ1) is 15.6. The Hall–Kier alpha value is -1.43. The molecule has 0 aliphatic rings. The van der Waals surface area contributed by atoms with Crippen LogP contribution in [0.3, 0.4) is 0 Å². The van der Waals surface area contributed by atoms with E-state index in [0.29, 0.717) is 13.0 Å². The SMILES string of the molecule is CCN(CCOC)Cc1ccccc1CC(=O)NN. The number of amides is 1. The summed E-state index contributed by atoms with van der Waals surface area (Å²) in [5, 5.41) is 0. The molecule has 0 aliphatic heterocycles. The smallest absolute Gasteiger partial charge is 0.238 e. The van der Waals surface area contributed by atoms with E-state index in [9.17, 15) is 4.79 Å². The van der Waals surface area contributed by atoms with Crippen LogP contribution in [0, 0.1) is 0 Å². The first-order valence-corrected chi connectivity index (χ1v) is 6.48. The van der Waals surface area contributed by atoms with Crippen LogP contribution in [-0.2, 0) is 22.5 Å². The van der Waals surface area contributed by atoms with E-state index < -0.39 is 0 Å². The average Bonchev–Trinajstić information content (AvgIpc) is 2.44. The van der Waals surface area contributed by atoms with Crippen LogP contribution < -0.4 is 11.3 Å². The van der Waals surface area contributed by atoms with Gasteiger partial charge in [-0.3, -0.25) is 15.1 Å². The molecule has 0 bridgehead atoms. The summed E-state index contributed by atoms with van der Waals surface area (Å²) in [4.78, 5) is 13.7. The van der Waals surface area contributed by atoms with E-state index >= 15 is 0 Å². The van der Waals surface area contributed by atoms with Gasteiger partial charge in [-0.2, -0.15) is 0 Å². The number of rotatable bonds is 8. The predicted molar refractivity (Wildman–Crippen MR) is 75.3 cm³/mol. The van der Waals surface area contributed by atoms with Crippen molar-refractivity contribution < 1.29 is 9.53 Å². The highest BCUT2D eigenvalue weighted by molar-refractivity contribution is 5.78. The van der Waals surface area contributed by atoms with Gasteiger partial charge in [0.1, 0.15) is 0 Å². The van der Waals surface area contributed by atoms with Crippen molar-refractivity contribution in [2.75, 3.05) is 26.8 Å². The van der Waals surface area contributed by atoms with E-state index in [1.54, 1.807) is 7.11 Å². The van der Waals surface area contributed by atoms with E-state index in [1.807, 2.05) is 18.2 Å². The molecule has 1 amide bonds. The minimum atomic E-state index is -0.174. The van der Waals surface area contributed by atoms with Gasteiger partial charge >= 0.3 is 0 Å². The van der Waals surface area contributed by atoms with Gasteiger partial charge < -0.3 is 4.74 Å². The molecule has 1 aromatic rings. The van der Waals surface area contributed by atoms with E-state index in [1.165, 1.54) is 0 Å². The Morgan fingerprint density at radius 1 is 1.37 bits per heavy atom. The predicted octanol–water partition coefficient (Wildman–Crippen LogP) is 0.687. The number of likely N-dealkylation sites (N-methyl/N-ethyl adjacent to an activating group) is 1. The highest BCUT2D eigenvalue weighted by Gasteiger charge is 2.09. The third-order valence-electron chi connectivity index (χ3n) is 3.08. The molecule has 0 atom stereocenters. The van der Waals surface area contributed by atoms with Crippen molar-refractivity contribution in [1.82, 2.24) is 10.3 Å². The third kappa shape index (κ3) is 5.38. The summed E-state index contributed by atoms with van der Waals surface area (Å²) in [6.45, 7) is 5.46. The van der Waals surface area contributed by atoms with Crippen LogP contribution in [-0.4, -0.2) is 37.6 Å². The lowest BCUT2D eigenvalue weighted by atomic mass is 10.0. The van der Waals surface area contributed by atoms with E-state index in [4.69, 9.17) is 10.6 Å². The largest absolute Gasteiger partial charge is 0.383 e. The summed E-state index contributed by atoms with van der Waals surface area (Å²) in [6, 6.07) is 7.95. The van der Waals surface area contributed by atoms with Gasteiger partial charge in [0, 0.05) is 20.2 Å². The summed E-state index contributed by atoms with van der Waals surface area (Å²) >= 11 is 0. The number of hydrogen-bond acceptors (Lipinski definition) is 4. The van der Waals surface area contributed by atoms with Gasteiger partial charge in [-0.15, -0.1) is 0 Å². The number of ether oxygens (including phenoxy) is 1. The molecule has 0 heterocycles. The normalized spacial score (nSPS) is 10.7. The quantitative estimate of drug-likeness (QED) is 0.412. The molecule has 5 nitrogen and oxygen atoms in total. The molecule has 3 N–H and O–H groups in total. The van der Waals surface area contributed by atoms with Crippen molar-refractivity contribution in [2.45, 2.75) is 19.9 Å². The number of benzene rings is 1. The lowest BCUT2D eigenvalue weighted by Crippen LogP contribution is -2.32. The molecule has 0 radical (unpaired) electrons. The minimum absolute atomic E-state index is 0.174. The molecular weight excluding hydrogens is 242 g/mol. The average molecular weight is 265 g/mol. The Labute approximate surface area is 114 Å². The van der Waals surface area contributed by atoms with E-state index in [2.05, 4.69) is 23.3 Å². The fourth-order valence-corrected chi connectivity index (χ4v) is 1.92. The summed E-state index contributed by atoms with van der Waals surface area (Å²) in [5.74, 6) is 4.96. The van der Waals surface area contributed by atoms with Gasteiger partial charge in [0.05, 0.1) is 13.0 Å². The highest BCUT2D eigenvalue weighted by Crippen LogP contribution is 2.12. The Kier molecular flexibility index (Phi) is 7.10. The zero-order valence-electron chi connectivity index (χ0n) is 11.7. The Morgan fingerprint density at radius 2 is 2.05 bits per heavy atom.